The molecule has 2 heterocycles. The van der Waals surface area contributed by atoms with Crippen molar-refractivity contribution in [1.29, 1.82) is 0 Å². The van der Waals surface area contributed by atoms with E-state index in [1.807, 2.05) is 19.2 Å². The maximum Gasteiger partial charge on any atom is 0.266 e. The number of thiazole rings is 1. The first kappa shape index (κ1) is 14.8. The zero-order valence-electron chi connectivity index (χ0n) is 12.1. The van der Waals surface area contributed by atoms with Gasteiger partial charge in [0.1, 0.15) is 5.82 Å². The molecule has 0 aliphatic heterocycles. The van der Waals surface area contributed by atoms with Crippen molar-refractivity contribution in [3.63, 3.8) is 0 Å². The molecule has 1 unspecified atom stereocenters. The molecule has 3 aromatic rings. The summed E-state index contributed by atoms with van der Waals surface area (Å²) >= 11 is 1.39. The Morgan fingerprint density at radius 1 is 1.45 bits per heavy atom. The number of aryl methyl sites for hydroxylation is 1. The van der Waals surface area contributed by atoms with Crippen molar-refractivity contribution in [2.45, 2.75) is 19.9 Å². The Morgan fingerprint density at radius 3 is 2.91 bits per heavy atom. The van der Waals surface area contributed by atoms with Gasteiger partial charge >= 0.3 is 0 Å². The predicted octanol–water partition coefficient (Wildman–Crippen LogP) is 2.39. The average Bonchev–Trinajstić information content (AvgIpc) is 2.87. The molecule has 0 amide bonds. The minimum absolute atomic E-state index is 0.216. The summed E-state index contributed by atoms with van der Waals surface area (Å²) in [4.78, 5) is 18.0. The molecule has 0 saturated carbocycles. The summed E-state index contributed by atoms with van der Waals surface area (Å²) in [5.41, 5.74) is 4.56. The Labute approximate surface area is 130 Å². The van der Waals surface area contributed by atoms with E-state index >= 15 is 0 Å². The normalized spacial score (nSPS) is 12.7. The second kappa shape index (κ2) is 5.60. The molecule has 0 saturated heterocycles. The van der Waals surface area contributed by atoms with Crippen LogP contribution in [0, 0.1) is 12.7 Å². The van der Waals surface area contributed by atoms with Gasteiger partial charge in [-0.3, -0.25) is 20.5 Å². The Morgan fingerprint density at radius 2 is 2.23 bits per heavy atom. The van der Waals surface area contributed by atoms with E-state index < -0.39 is 5.82 Å². The highest BCUT2D eigenvalue weighted by atomic mass is 32.1. The van der Waals surface area contributed by atoms with Crippen molar-refractivity contribution < 1.29 is 4.39 Å². The summed E-state index contributed by atoms with van der Waals surface area (Å²) in [5.74, 6) is 5.11. The van der Waals surface area contributed by atoms with Crippen LogP contribution in [0.4, 0.5) is 4.39 Å². The number of fused-ring (bicyclic) bond motifs is 1. The fourth-order valence-electron chi connectivity index (χ4n) is 2.41. The number of nitrogens with one attached hydrogen (secondary N) is 1. The van der Waals surface area contributed by atoms with Gasteiger partial charge in [-0.1, -0.05) is 12.1 Å². The monoisotopic (exact) mass is 318 g/mol. The van der Waals surface area contributed by atoms with Gasteiger partial charge in [0.2, 0.25) is 0 Å². The maximum atomic E-state index is 13.6. The Bertz CT molecular complexity index is 902. The van der Waals surface area contributed by atoms with Gasteiger partial charge in [-0.15, -0.1) is 11.3 Å². The molecule has 1 atom stereocenters. The Hall–Kier alpha value is -2.09. The van der Waals surface area contributed by atoms with Crippen LogP contribution in [0.25, 0.3) is 16.1 Å². The van der Waals surface area contributed by atoms with Crippen LogP contribution in [-0.4, -0.2) is 9.38 Å². The first-order valence-corrected chi connectivity index (χ1v) is 7.63. The van der Waals surface area contributed by atoms with E-state index in [-0.39, 0.29) is 11.6 Å². The molecular formula is C15H15FN4OS. The van der Waals surface area contributed by atoms with E-state index in [2.05, 4.69) is 10.4 Å². The number of halogens is 1. The fourth-order valence-corrected chi connectivity index (χ4v) is 3.27. The second-order valence-electron chi connectivity index (χ2n) is 5.07. The Kier molecular flexibility index (Phi) is 3.78. The molecule has 0 spiro atoms. The lowest BCUT2D eigenvalue weighted by molar-refractivity contribution is 0.587. The summed E-state index contributed by atoms with van der Waals surface area (Å²) in [6, 6.07) is 5.61. The molecule has 7 heteroatoms. The van der Waals surface area contributed by atoms with Gasteiger partial charge in [-0.25, -0.2) is 9.37 Å². The van der Waals surface area contributed by atoms with Crippen LogP contribution in [-0.2, 0) is 0 Å². The number of hydrazine groups is 1. The van der Waals surface area contributed by atoms with Crippen molar-refractivity contribution in [2.24, 2.45) is 5.84 Å². The summed E-state index contributed by atoms with van der Waals surface area (Å²) in [6.45, 7) is 3.65. The summed E-state index contributed by atoms with van der Waals surface area (Å²) in [6.07, 6.45) is 0. The zero-order chi connectivity index (χ0) is 15.9. The third-order valence-electron chi connectivity index (χ3n) is 3.54. The highest BCUT2D eigenvalue weighted by Gasteiger charge is 2.20. The average molecular weight is 318 g/mol. The van der Waals surface area contributed by atoms with Crippen molar-refractivity contribution in [3.8, 4) is 11.1 Å². The first-order valence-electron chi connectivity index (χ1n) is 6.75. The quantitative estimate of drug-likeness (QED) is 0.574. The van der Waals surface area contributed by atoms with Crippen LogP contribution in [0.5, 0.6) is 0 Å². The molecule has 0 radical (unpaired) electrons. The smallest absolute Gasteiger partial charge is 0.266 e. The van der Waals surface area contributed by atoms with Gasteiger partial charge < -0.3 is 0 Å². The molecule has 2 aromatic heterocycles. The molecule has 5 nitrogen and oxygen atoms in total. The molecule has 0 bridgehead atoms. The van der Waals surface area contributed by atoms with Crippen molar-refractivity contribution >= 4 is 16.3 Å². The van der Waals surface area contributed by atoms with E-state index in [1.54, 1.807) is 12.1 Å². The largest absolute Gasteiger partial charge is 0.271 e. The van der Waals surface area contributed by atoms with Gasteiger partial charge in [0.05, 0.1) is 17.3 Å². The van der Waals surface area contributed by atoms with Crippen LogP contribution in [0.3, 0.4) is 0 Å². The van der Waals surface area contributed by atoms with E-state index in [0.717, 1.165) is 5.69 Å². The van der Waals surface area contributed by atoms with Gasteiger partial charge in [0.15, 0.2) is 4.96 Å². The predicted molar refractivity (Wildman–Crippen MR) is 85.2 cm³/mol. The molecule has 0 aliphatic carbocycles. The fraction of sp³-hybridized carbons (Fsp3) is 0.200. The van der Waals surface area contributed by atoms with Crippen LogP contribution in [0.2, 0.25) is 0 Å². The SMILES string of the molecule is Cc1csc2nc(C(C)NN)c(-c3cccc(F)c3)c(=O)n12. The van der Waals surface area contributed by atoms with Crippen LogP contribution >= 0.6 is 11.3 Å². The van der Waals surface area contributed by atoms with Crippen LogP contribution in [0.15, 0.2) is 34.4 Å². The lowest BCUT2D eigenvalue weighted by Gasteiger charge is -2.15. The number of nitrogens with zero attached hydrogens (tertiary/aromatic N) is 2. The number of aromatic nitrogens is 2. The van der Waals surface area contributed by atoms with Crippen molar-refractivity contribution in [1.82, 2.24) is 14.8 Å². The van der Waals surface area contributed by atoms with Crippen LogP contribution in [0.1, 0.15) is 24.4 Å². The summed E-state index contributed by atoms with van der Waals surface area (Å²) in [7, 11) is 0. The number of rotatable bonds is 3. The molecule has 1 aromatic carbocycles. The number of nitrogens with two attached hydrogens (primary N) is 1. The molecule has 114 valence electrons. The highest BCUT2D eigenvalue weighted by Crippen LogP contribution is 2.26. The highest BCUT2D eigenvalue weighted by molar-refractivity contribution is 7.15. The minimum Gasteiger partial charge on any atom is -0.271 e. The van der Waals surface area contributed by atoms with E-state index in [0.29, 0.717) is 21.8 Å². The molecule has 3 N–H and O–H groups in total. The first-order chi connectivity index (χ1) is 10.5. The van der Waals surface area contributed by atoms with Gasteiger partial charge in [0.25, 0.3) is 5.56 Å². The third-order valence-corrected chi connectivity index (χ3v) is 4.49. The van der Waals surface area contributed by atoms with Gasteiger partial charge in [-0.2, -0.15) is 0 Å². The molecular weight excluding hydrogens is 303 g/mol. The van der Waals surface area contributed by atoms with Crippen molar-refractivity contribution in [2.75, 3.05) is 0 Å². The topological polar surface area (TPSA) is 72.4 Å². The summed E-state index contributed by atoms with van der Waals surface area (Å²) in [5, 5.41) is 1.86. The lowest BCUT2D eigenvalue weighted by Crippen LogP contribution is -2.30. The second-order valence-corrected chi connectivity index (χ2v) is 5.91. The number of hydrogen-bond donors (Lipinski definition) is 2. The van der Waals surface area contributed by atoms with E-state index in [9.17, 15) is 9.18 Å². The van der Waals surface area contributed by atoms with Gasteiger partial charge in [0, 0.05) is 11.1 Å². The van der Waals surface area contributed by atoms with E-state index in [1.165, 1.54) is 27.9 Å². The zero-order valence-corrected chi connectivity index (χ0v) is 12.9. The lowest BCUT2D eigenvalue weighted by atomic mass is 10.0. The summed E-state index contributed by atoms with van der Waals surface area (Å²) < 4.78 is 15.1. The standard InChI is InChI=1S/C15H15FN4OS/c1-8-7-22-15-18-13(9(2)19-17)12(14(21)20(8)15)10-4-3-5-11(16)6-10/h3-7,9,19H,17H2,1-2H3. The van der Waals surface area contributed by atoms with Gasteiger partial charge in [-0.05, 0) is 31.5 Å². The van der Waals surface area contributed by atoms with E-state index in [4.69, 9.17) is 5.84 Å². The number of benzene rings is 1. The molecule has 3 rings (SSSR count). The maximum absolute atomic E-state index is 13.6. The molecule has 22 heavy (non-hydrogen) atoms. The molecule has 0 fully saturated rings. The van der Waals surface area contributed by atoms with Crippen molar-refractivity contribution in [3.05, 3.63) is 57.2 Å². The third kappa shape index (κ3) is 2.33. The molecule has 0 aliphatic rings. The number of hydrogen-bond acceptors (Lipinski definition) is 5. The minimum atomic E-state index is -0.400. The van der Waals surface area contributed by atoms with Crippen LogP contribution < -0.4 is 16.8 Å². The Balaban J connectivity index is 2.41.